The van der Waals surface area contributed by atoms with Crippen LogP contribution in [0.2, 0.25) is 0 Å². The molecule has 1 unspecified atom stereocenters. The molecule has 0 aliphatic rings. The Morgan fingerprint density at radius 3 is 2.14 bits per heavy atom. The molecule has 0 saturated carbocycles. The fraction of sp³-hybridized carbons (Fsp3) is 0.125. The number of benzene rings is 3. The molecule has 0 aromatic heterocycles. The third-order valence-corrected chi connectivity index (χ3v) is 4.30. The zero-order chi connectivity index (χ0) is 20.8. The van der Waals surface area contributed by atoms with Crippen molar-refractivity contribution < 1.29 is 14.3 Å². The summed E-state index contributed by atoms with van der Waals surface area (Å²) < 4.78 is 5.56. The molecule has 5 nitrogen and oxygen atoms in total. The summed E-state index contributed by atoms with van der Waals surface area (Å²) in [7, 11) is 0. The Kier molecular flexibility index (Phi) is 6.06. The van der Waals surface area contributed by atoms with E-state index in [1.54, 1.807) is 24.3 Å². The van der Waals surface area contributed by atoms with E-state index in [2.05, 4.69) is 5.32 Å². The average molecular weight is 384 g/mol. The Morgan fingerprint density at radius 2 is 1.55 bits per heavy atom. The van der Waals surface area contributed by atoms with Gasteiger partial charge in [-0.05, 0) is 61.4 Å². The van der Waals surface area contributed by atoms with Gasteiger partial charge in [-0.3, -0.25) is 4.79 Å². The minimum atomic E-state index is -1.11. The van der Waals surface area contributed by atoms with E-state index in [1.807, 2.05) is 44.2 Å². The van der Waals surface area contributed by atoms with Gasteiger partial charge in [0, 0.05) is 11.3 Å². The highest BCUT2D eigenvalue weighted by atomic mass is 16.5. The third kappa shape index (κ3) is 5.08. The minimum absolute atomic E-state index is 0.268. The number of aryl methyl sites for hydroxylation is 2. The quantitative estimate of drug-likeness (QED) is 0.646. The maximum absolute atomic E-state index is 13.0. The summed E-state index contributed by atoms with van der Waals surface area (Å²) >= 11 is 0. The number of nitrogens with zero attached hydrogens (tertiary/aromatic N) is 1. The lowest BCUT2D eigenvalue weighted by atomic mass is 10.1. The number of nitrogens with one attached hydrogen (secondary N) is 1. The predicted octanol–water partition coefficient (Wildman–Crippen LogP) is 4.71. The van der Waals surface area contributed by atoms with Crippen LogP contribution < -0.4 is 5.32 Å². The van der Waals surface area contributed by atoms with Crippen molar-refractivity contribution in [1.82, 2.24) is 0 Å². The molecule has 0 aliphatic heterocycles. The highest BCUT2D eigenvalue weighted by Crippen LogP contribution is 2.23. The minimum Gasteiger partial charge on any atom is -0.444 e. The maximum atomic E-state index is 13.0. The molecule has 5 heteroatoms. The van der Waals surface area contributed by atoms with Gasteiger partial charge in [-0.15, -0.1) is 0 Å². The van der Waals surface area contributed by atoms with Crippen molar-refractivity contribution in [2.75, 3.05) is 5.32 Å². The largest absolute Gasteiger partial charge is 0.444 e. The average Bonchev–Trinajstić information content (AvgIpc) is 2.71. The van der Waals surface area contributed by atoms with E-state index >= 15 is 0 Å². The first-order chi connectivity index (χ1) is 14.0. The van der Waals surface area contributed by atoms with Gasteiger partial charge in [-0.1, -0.05) is 36.4 Å². The molecule has 3 aromatic rings. The van der Waals surface area contributed by atoms with E-state index < -0.39 is 18.0 Å². The molecule has 144 valence electrons. The molecule has 1 atom stereocenters. The number of rotatable bonds is 5. The van der Waals surface area contributed by atoms with Crippen LogP contribution in [0.3, 0.4) is 0 Å². The van der Waals surface area contributed by atoms with Crippen LogP contribution in [0.25, 0.3) is 0 Å². The zero-order valence-corrected chi connectivity index (χ0v) is 16.2. The molecule has 0 radical (unpaired) electrons. The monoisotopic (exact) mass is 384 g/mol. The molecule has 0 bridgehead atoms. The highest BCUT2D eigenvalue weighted by Gasteiger charge is 2.26. The number of carbonyl (C=O) groups excluding carboxylic acids is 2. The van der Waals surface area contributed by atoms with E-state index in [0.29, 0.717) is 16.8 Å². The van der Waals surface area contributed by atoms with Crippen LogP contribution in [-0.2, 0) is 9.53 Å². The summed E-state index contributed by atoms with van der Waals surface area (Å²) in [5.41, 5.74) is 3.95. The number of nitriles is 1. The second-order valence-corrected chi connectivity index (χ2v) is 6.75. The summed E-state index contributed by atoms with van der Waals surface area (Å²) in [6.07, 6.45) is -1.11. The molecule has 3 rings (SSSR count). The summed E-state index contributed by atoms with van der Waals surface area (Å²) in [6, 6.07) is 22.6. The SMILES string of the molecule is Cc1cc(C)cc(NC(=O)C(OC(=O)c2ccc(C#N)cc2)c2ccccc2)c1. The summed E-state index contributed by atoms with van der Waals surface area (Å²) in [5, 5.41) is 11.7. The number of hydrogen-bond donors (Lipinski definition) is 1. The van der Waals surface area contributed by atoms with Crippen molar-refractivity contribution in [2.24, 2.45) is 0 Å². The van der Waals surface area contributed by atoms with E-state index in [1.165, 1.54) is 24.3 Å². The number of hydrogen-bond acceptors (Lipinski definition) is 4. The summed E-state index contributed by atoms with van der Waals surface area (Å²) in [4.78, 5) is 25.6. The molecule has 29 heavy (non-hydrogen) atoms. The lowest BCUT2D eigenvalue weighted by Crippen LogP contribution is -2.26. The van der Waals surface area contributed by atoms with Crippen molar-refractivity contribution >= 4 is 17.6 Å². The van der Waals surface area contributed by atoms with Crippen molar-refractivity contribution in [3.63, 3.8) is 0 Å². The Labute approximate surface area is 169 Å². The van der Waals surface area contributed by atoms with Gasteiger partial charge in [0.1, 0.15) is 0 Å². The van der Waals surface area contributed by atoms with Gasteiger partial charge < -0.3 is 10.1 Å². The van der Waals surface area contributed by atoms with Gasteiger partial charge in [0.05, 0.1) is 17.2 Å². The van der Waals surface area contributed by atoms with Crippen LogP contribution in [-0.4, -0.2) is 11.9 Å². The van der Waals surface area contributed by atoms with Crippen LogP contribution in [0.5, 0.6) is 0 Å². The Morgan fingerprint density at radius 1 is 0.931 bits per heavy atom. The molecule has 0 fully saturated rings. The molecule has 0 saturated heterocycles. The lowest BCUT2D eigenvalue weighted by molar-refractivity contribution is -0.125. The summed E-state index contributed by atoms with van der Waals surface area (Å²) in [5.74, 6) is -1.08. The van der Waals surface area contributed by atoms with Crippen molar-refractivity contribution in [1.29, 1.82) is 5.26 Å². The zero-order valence-electron chi connectivity index (χ0n) is 16.2. The number of ether oxygens (including phenoxy) is 1. The number of anilines is 1. The normalized spacial score (nSPS) is 11.2. The first-order valence-corrected chi connectivity index (χ1v) is 9.11. The fourth-order valence-corrected chi connectivity index (χ4v) is 3.01. The Bertz CT molecular complexity index is 1050. The Balaban J connectivity index is 1.85. The van der Waals surface area contributed by atoms with Crippen molar-refractivity contribution in [2.45, 2.75) is 20.0 Å². The Hall–Kier alpha value is -3.91. The molecular formula is C24H20N2O3. The maximum Gasteiger partial charge on any atom is 0.339 e. The van der Waals surface area contributed by atoms with E-state index in [0.717, 1.165) is 11.1 Å². The molecule has 1 N–H and O–H groups in total. The number of carbonyl (C=O) groups is 2. The lowest BCUT2D eigenvalue weighted by Gasteiger charge is -2.18. The molecule has 0 spiro atoms. The molecular weight excluding hydrogens is 364 g/mol. The predicted molar refractivity (Wildman–Crippen MR) is 110 cm³/mol. The van der Waals surface area contributed by atoms with Gasteiger partial charge in [0.2, 0.25) is 6.10 Å². The fourth-order valence-electron chi connectivity index (χ4n) is 3.01. The van der Waals surface area contributed by atoms with Crippen LogP contribution in [0.4, 0.5) is 5.69 Å². The van der Waals surface area contributed by atoms with E-state index in [4.69, 9.17) is 10.00 Å². The first-order valence-electron chi connectivity index (χ1n) is 9.11. The van der Waals surface area contributed by atoms with Gasteiger partial charge in [0.25, 0.3) is 5.91 Å². The highest BCUT2D eigenvalue weighted by molar-refractivity contribution is 5.98. The molecule has 1 amide bonds. The molecule has 3 aromatic carbocycles. The van der Waals surface area contributed by atoms with Crippen molar-refractivity contribution in [3.05, 3.63) is 101 Å². The van der Waals surface area contributed by atoms with Crippen LogP contribution in [0.15, 0.2) is 72.8 Å². The van der Waals surface area contributed by atoms with Gasteiger partial charge in [-0.25, -0.2) is 4.79 Å². The van der Waals surface area contributed by atoms with Crippen molar-refractivity contribution in [3.8, 4) is 6.07 Å². The second-order valence-electron chi connectivity index (χ2n) is 6.75. The van der Waals surface area contributed by atoms with E-state index in [-0.39, 0.29) is 5.56 Å². The van der Waals surface area contributed by atoms with Crippen LogP contribution in [0, 0.1) is 25.2 Å². The smallest absolute Gasteiger partial charge is 0.339 e. The topological polar surface area (TPSA) is 79.2 Å². The first kappa shape index (κ1) is 19.8. The number of amides is 1. The van der Waals surface area contributed by atoms with Gasteiger partial charge in [-0.2, -0.15) is 5.26 Å². The van der Waals surface area contributed by atoms with Gasteiger partial charge in [0.15, 0.2) is 0 Å². The standard InChI is InChI=1S/C24H20N2O3/c1-16-12-17(2)14-21(13-16)26-23(27)22(19-6-4-3-5-7-19)29-24(28)20-10-8-18(15-25)9-11-20/h3-14,22H,1-2H3,(H,26,27). The third-order valence-electron chi connectivity index (χ3n) is 4.30. The second kappa shape index (κ2) is 8.85. The van der Waals surface area contributed by atoms with E-state index in [9.17, 15) is 9.59 Å². The van der Waals surface area contributed by atoms with Crippen LogP contribution in [0.1, 0.15) is 38.7 Å². The molecule has 0 aliphatic carbocycles. The van der Waals surface area contributed by atoms with Crippen LogP contribution >= 0.6 is 0 Å². The summed E-state index contributed by atoms with van der Waals surface area (Å²) in [6.45, 7) is 3.89. The number of esters is 1. The molecule has 0 heterocycles. The van der Waals surface area contributed by atoms with Gasteiger partial charge >= 0.3 is 5.97 Å².